The van der Waals surface area contributed by atoms with Gasteiger partial charge in [-0.05, 0) is 36.4 Å². The number of rotatable bonds is 6. The zero-order valence-electron chi connectivity index (χ0n) is 10.9. The maximum absolute atomic E-state index is 11.5. The maximum atomic E-state index is 11.5. The molecule has 1 aliphatic heterocycles. The topological polar surface area (TPSA) is 40.5 Å². The van der Waals surface area contributed by atoms with Crippen LogP contribution in [0.1, 0.15) is 49.1 Å². The minimum atomic E-state index is -0.704. The van der Waals surface area contributed by atoms with Crippen molar-refractivity contribution in [3.8, 4) is 0 Å². The molecular weight excluding hydrogens is 246 g/mol. The van der Waals surface area contributed by atoms with Crippen LogP contribution in [0, 0.1) is 0 Å². The van der Waals surface area contributed by atoms with Gasteiger partial charge >= 0.3 is 5.97 Å². The Kier molecular flexibility index (Phi) is 4.78. The van der Waals surface area contributed by atoms with Crippen molar-refractivity contribution in [3.63, 3.8) is 0 Å². The Hall–Kier alpha value is -0.870. The van der Waals surface area contributed by atoms with Gasteiger partial charge in [0.2, 0.25) is 0 Å². The van der Waals surface area contributed by atoms with E-state index in [1.807, 2.05) is 11.4 Å². The third-order valence-corrected chi connectivity index (χ3v) is 4.59. The van der Waals surface area contributed by atoms with Gasteiger partial charge in [0.1, 0.15) is 6.04 Å². The average molecular weight is 267 g/mol. The van der Waals surface area contributed by atoms with Crippen LogP contribution in [0.2, 0.25) is 0 Å². The van der Waals surface area contributed by atoms with E-state index in [0.717, 1.165) is 31.5 Å². The molecule has 0 radical (unpaired) electrons. The number of carbonyl (C=O) groups is 1. The molecule has 1 N–H and O–H groups in total. The molecule has 3 nitrogen and oxygen atoms in total. The van der Waals surface area contributed by atoms with E-state index in [-0.39, 0.29) is 0 Å². The molecule has 1 atom stereocenters. The summed E-state index contributed by atoms with van der Waals surface area (Å²) in [5.74, 6) is -0.704. The van der Waals surface area contributed by atoms with Gasteiger partial charge in [-0.25, -0.2) is 0 Å². The third kappa shape index (κ3) is 2.93. The number of unbranched alkanes of at least 4 members (excludes halogenated alkanes) is 3. The molecule has 2 rings (SSSR count). The molecule has 0 fully saturated rings. The molecule has 0 amide bonds. The molecule has 0 saturated heterocycles. The number of carboxylic acid groups (broad SMARTS) is 1. The van der Waals surface area contributed by atoms with Crippen LogP contribution < -0.4 is 0 Å². The molecule has 0 bridgehead atoms. The first kappa shape index (κ1) is 13.6. The zero-order valence-corrected chi connectivity index (χ0v) is 11.7. The number of fused-ring (bicyclic) bond motifs is 1. The van der Waals surface area contributed by atoms with Gasteiger partial charge in [-0.15, -0.1) is 11.3 Å². The summed E-state index contributed by atoms with van der Waals surface area (Å²) in [6, 6.07) is 1.57. The summed E-state index contributed by atoms with van der Waals surface area (Å²) < 4.78 is 0. The van der Waals surface area contributed by atoms with Crippen molar-refractivity contribution in [2.75, 3.05) is 13.1 Å². The van der Waals surface area contributed by atoms with Crippen LogP contribution in [-0.2, 0) is 11.2 Å². The van der Waals surface area contributed by atoms with Crippen molar-refractivity contribution in [2.45, 2.75) is 45.1 Å². The molecular formula is C14H21NO2S. The number of hydrogen-bond donors (Lipinski definition) is 1. The van der Waals surface area contributed by atoms with E-state index < -0.39 is 12.0 Å². The van der Waals surface area contributed by atoms with Gasteiger partial charge in [0.05, 0.1) is 0 Å². The zero-order chi connectivity index (χ0) is 13.0. The number of nitrogens with zero attached hydrogens (tertiary/aromatic N) is 1. The van der Waals surface area contributed by atoms with E-state index in [1.165, 1.54) is 24.1 Å². The number of aliphatic carboxylic acids is 1. The number of hydrogen-bond acceptors (Lipinski definition) is 3. The lowest BCUT2D eigenvalue weighted by Crippen LogP contribution is -2.39. The van der Waals surface area contributed by atoms with Crippen LogP contribution >= 0.6 is 11.3 Å². The molecule has 0 saturated carbocycles. The lowest BCUT2D eigenvalue weighted by atomic mass is 9.99. The molecule has 0 aliphatic carbocycles. The summed E-state index contributed by atoms with van der Waals surface area (Å²) in [7, 11) is 0. The fourth-order valence-electron chi connectivity index (χ4n) is 2.64. The van der Waals surface area contributed by atoms with E-state index >= 15 is 0 Å². The van der Waals surface area contributed by atoms with Gasteiger partial charge in [0.25, 0.3) is 0 Å². The van der Waals surface area contributed by atoms with Crippen molar-refractivity contribution in [2.24, 2.45) is 0 Å². The van der Waals surface area contributed by atoms with E-state index in [1.54, 1.807) is 11.3 Å². The fourth-order valence-corrected chi connectivity index (χ4v) is 3.54. The highest BCUT2D eigenvalue weighted by atomic mass is 32.1. The number of carboxylic acids is 1. The van der Waals surface area contributed by atoms with Gasteiger partial charge in [-0.3, -0.25) is 9.69 Å². The van der Waals surface area contributed by atoms with E-state index in [4.69, 9.17) is 0 Å². The normalized spacial score (nSPS) is 19.7. The molecule has 100 valence electrons. The Labute approximate surface area is 112 Å². The predicted molar refractivity (Wildman–Crippen MR) is 74.1 cm³/mol. The molecule has 4 heteroatoms. The number of thiophene rings is 1. The standard InChI is InChI=1S/C14H21NO2S/c1-2-3-4-5-8-15-9-6-12-11(7-10-18-12)13(15)14(16)17/h7,10,13H,2-6,8-9H2,1H3,(H,16,17). The van der Waals surface area contributed by atoms with Crippen LogP contribution in [0.3, 0.4) is 0 Å². The lowest BCUT2D eigenvalue weighted by molar-refractivity contribution is -0.144. The van der Waals surface area contributed by atoms with Crippen LogP contribution in [0.25, 0.3) is 0 Å². The summed E-state index contributed by atoms with van der Waals surface area (Å²) in [6.45, 7) is 3.99. The summed E-state index contributed by atoms with van der Waals surface area (Å²) in [5, 5.41) is 11.5. The maximum Gasteiger partial charge on any atom is 0.325 e. The highest BCUT2D eigenvalue weighted by molar-refractivity contribution is 7.10. The van der Waals surface area contributed by atoms with Gasteiger partial charge in [0.15, 0.2) is 0 Å². The monoisotopic (exact) mass is 267 g/mol. The van der Waals surface area contributed by atoms with Crippen LogP contribution in [0.5, 0.6) is 0 Å². The van der Waals surface area contributed by atoms with Gasteiger partial charge in [0, 0.05) is 11.4 Å². The van der Waals surface area contributed by atoms with Crippen molar-refractivity contribution < 1.29 is 9.90 Å². The molecule has 2 heterocycles. The first-order chi connectivity index (χ1) is 8.74. The molecule has 1 aliphatic rings. The third-order valence-electron chi connectivity index (χ3n) is 3.60. The molecule has 0 spiro atoms. The smallest absolute Gasteiger partial charge is 0.325 e. The van der Waals surface area contributed by atoms with Crippen LogP contribution in [-0.4, -0.2) is 29.1 Å². The Morgan fingerprint density at radius 1 is 1.50 bits per heavy atom. The van der Waals surface area contributed by atoms with E-state index in [2.05, 4.69) is 11.8 Å². The Morgan fingerprint density at radius 2 is 2.33 bits per heavy atom. The highest BCUT2D eigenvalue weighted by Gasteiger charge is 2.33. The van der Waals surface area contributed by atoms with Crippen molar-refractivity contribution >= 4 is 17.3 Å². The van der Waals surface area contributed by atoms with Crippen LogP contribution in [0.4, 0.5) is 0 Å². The quantitative estimate of drug-likeness (QED) is 0.804. The SMILES string of the molecule is CCCCCCN1CCc2sccc2C1C(=O)O. The minimum absolute atomic E-state index is 0.415. The van der Waals surface area contributed by atoms with Crippen molar-refractivity contribution in [3.05, 3.63) is 21.9 Å². The Morgan fingerprint density at radius 3 is 3.06 bits per heavy atom. The fraction of sp³-hybridized carbons (Fsp3) is 0.643. The van der Waals surface area contributed by atoms with Gasteiger partial charge < -0.3 is 5.11 Å². The largest absolute Gasteiger partial charge is 0.480 e. The first-order valence-corrected chi connectivity index (χ1v) is 7.65. The lowest BCUT2D eigenvalue weighted by Gasteiger charge is -2.33. The minimum Gasteiger partial charge on any atom is -0.480 e. The Balaban J connectivity index is 2.00. The second-order valence-corrected chi connectivity index (χ2v) is 5.89. The molecule has 0 aromatic carbocycles. The Bertz CT molecular complexity index is 402. The summed E-state index contributed by atoms with van der Waals surface area (Å²) in [4.78, 5) is 14.9. The summed E-state index contributed by atoms with van der Waals surface area (Å²) in [5.41, 5.74) is 1.02. The van der Waals surface area contributed by atoms with Crippen molar-refractivity contribution in [1.29, 1.82) is 0 Å². The van der Waals surface area contributed by atoms with Gasteiger partial charge in [-0.2, -0.15) is 0 Å². The van der Waals surface area contributed by atoms with E-state index in [0.29, 0.717) is 0 Å². The van der Waals surface area contributed by atoms with Gasteiger partial charge in [-0.1, -0.05) is 26.2 Å². The average Bonchev–Trinajstić information content (AvgIpc) is 2.81. The molecule has 1 unspecified atom stereocenters. The summed E-state index contributed by atoms with van der Waals surface area (Å²) >= 11 is 1.69. The molecule has 1 aromatic rings. The second-order valence-electron chi connectivity index (χ2n) is 4.89. The van der Waals surface area contributed by atoms with Crippen molar-refractivity contribution in [1.82, 2.24) is 4.90 Å². The van der Waals surface area contributed by atoms with Crippen LogP contribution in [0.15, 0.2) is 11.4 Å². The second kappa shape index (κ2) is 6.34. The predicted octanol–water partition coefficient (Wildman–Crippen LogP) is 3.31. The van der Waals surface area contributed by atoms with E-state index in [9.17, 15) is 9.90 Å². The molecule has 18 heavy (non-hydrogen) atoms. The highest BCUT2D eigenvalue weighted by Crippen LogP contribution is 2.33. The molecule has 1 aromatic heterocycles. The first-order valence-electron chi connectivity index (χ1n) is 6.77. The summed E-state index contributed by atoms with van der Waals surface area (Å²) in [6.07, 6.45) is 5.78.